The second-order valence-electron chi connectivity index (χ2n) is 7.57. The van der Waals surface area contributed by atoms with Gasteiger partial charge in [-0.3, -0.25) is 0 Å². The summed E-state index contributed by atoms with van der Waals surface area (Å²) >= 11 is 0. The Kier molecular flexibility index (Phi) is 8.52. The molecule has 0 atom stereocenters. The molecular formula is C26H31N3O3. The Morgan fingerprint density at radius 3 is 2.44 bits per heavy atom. The molecule has 2 amide bonds. The van der Waals surface area contributed by atoms with E-state index in [9.17, 15) is 4.79 Å². The molecule has 0 radical (unpaired) electrons. The minimum Gasteiger partial charge on any atom is -0.493 e. The average molecular weight is 434 g/mol. The average Bonchev–Trinajstić information content (AvgIpc) is 2.82. The van der Waals surface area contributed by atoms with Crippen LogP contribution in [0.25, 0.3) is 0 Å². The molecule has 0 saturated carbocycles. The van der Waals surface area contributed by atoms with Gasteiger partial charge in [0.25, 0.3) is 0 Å². The highest BCUT2D eigenvalue weighted by Crippen LogP contribution is 2.29. The van der Waals surface area contributed by atoms with Gasteiger partial charge >= 0.3 is 6.03 Å². The first-order chi connectivity index (χ1) is 15.6. The Bertz CT molecular complexity index is 1010. The number of carbonyl (C=O) groups excluding carboxylic acids is 1. The molecule has 3 aromatic rings. The van der Waals surface area contributed by atoms with E-state index in [4.69, 9.17) is 15.2 Å². The molecule has 0 aliphatic carbocycles. The van der Waals surface area contributed by atoms with Gasteiger partial charge in [-0.15, -0.1) is 0 Å². The number of carbonyl (C=O) groups is 1. The van der Waals surface area contributed by atoms with E-state index in [2.05, 4.69) is 5.32 Å². The maximum absolute atomic E-state index is 13.0. The van der Waals surface area contributed by atoms with Crippen LogP contribution in [0.3, 0.4) is 0 Å². The van der Waals surface area contributed by atoms with Crippen molar-refractivity contribution in [3.8, 4) is 11.5 Å². The molecule has 0 saturated heterocycles. The van der Waals surface area contributed by atoms with Crippen molar-refractivity contribution in [3.63, 3.8) is 0 Å². The van der Waals surface area contributed by atoms with Gasteiger partial charge in [0.2, 0.25) is 0 Å². The number of anilines is 1. The van der Waals surface area contributed by atoms with Crippen molar-refractivity contribution in [1.29, 1.82) is 0 Å². The van der Waals surface area contributed by atoms with Gasteiger partial charge in [0.05, 0.1) is 7.11 Å². The fourth-order valence-corrected chi connectivity index (χ4v) is 3.33. The zero-order valence-electron chi connectivity index (χ0n) is 18.7. The van der Waals surface area contributed by atoms with Crippen LogP contribution in [-0.4, -0.2) is 31.1 Å². The second kappa shape index (κ2) is 11.8. The Morgan fingerprint density at radius 2 is 1.72 bits per heavy atom. The zero-order chi connectivity index (χ0) is 22.8. The van der Waals surface area contributed by atoms with Crippen LogP contribution < -0.4 is 20.5 Å². The molecule has 32 heavy (non-hydrogen) atoms. The smallest absolute Gasteiger partial charge is 0.322 e. The molecule has 0 fully saturated rings. The van der Waals surface area contributed by atoms with Gasteiger partial charge in [-0.1, -0.05) is 54.6 Å². The predicted molar refractivity (Wildman–Crippen MR) is 128 cm³/mol. The molecule has 3 aromatic carbocycles. The SMILES string of the molecule is COc1cc(CN(CCCN)C(=O)Nc2ccccc2C)ccc1OCc1ccccc1. The van der Waals surface area contributed by atoms with Gasteiger partial charge < -0.3 is 25.4 Å². The van der Waals surface area contributed by atoms with Gasteiger partial charge in [0.1, 0.15) is 6.61 Å². The molecule has 168 valence electrons. The number of benzene rings is 3. The van der Waals surface area contributed by atoms with E-state index in [1.165, 1.54) is 0 Å². The van der Waals surface area contributed by atoms with Crippen molar-refractivity contribution in [1.82, 2.24) is 4.90 Å². The molecule has 6 nitrogen and oxygen atoms in total. The van der Waals surface area contributed by atoms with Crippen molar-refractivity contribution in [2.45, 2.75) is 26.5 Å². The molecular weight excluding hydrogens is 402 g/mol. The third-order valence-corrected chi connectivity index (χ3v) is 5.14. The highest BCUT2D eigenvalue weighted by atomic mass is 16.5. The van der Waals surface area contributed by atoms with Crippen LogP contribution in [0.1, 0.15) is 23.1 Å². The van der Waals surface area contributed by atoms with Crippen molar-refractivity contribution in [3.05, 3.63) is 89.5 Å². The van der Waals surface area contributed by atoms with Crippen LogP contribution in [-0.2, 0) is 13.2 Å². The van der Waals surface area contributed by atoms with Crippen molar-refractivity contribution >= 4 is 11.7 Å². The van der Waals surface area contributed by atoms with Gasteiger partial charge in [-0.25, -0.2) is 4.79 Å². The lowest BCUT2D eigenvalue weighted by Gasteiger charge is -2.24. The van der Waals surface area contributed by atoms with Crippen molar-refractivity contribution in [2.24, 2.45) is 5.73 Å². The Balaban J connectivity index is 1.70. The molecule has 3 N–H and O–H groups in total. The number of nitrogens with one attached hydrogen (secondary N) is 1. The van der Waals surface area contributed by atoms with Gasteiger partial charge in [-0.05, 0) is 54.8 Å². The lowest BCUT2D eigenvalue weighted by Crippen LogP contribution is -2.36. The Morgan fingerprint density at radius 1 is 0.969 bits per heavy atom. The van der Waals surface area contributed by atoms with Crippen LogP contribution in [0, 0.1) is 6.92 Å². The first kappa shape index (κ1) is 23.2. The topological polar surface area (TPSA) is 76.8 Å². The number of urea groups is 1. The van der Waals surface area contributed by atoms with Crippen molar-refractivity contribution < 1.29 is 14.3 Å². The van der Waals surface area contributed by atoms with Gasteiger partial charge in [0, 0.05) is 18.8 Å². The number of aryl methyl sites for hydroxylation is 1. The zero-order valence-corrected chi connectivity index (χ0v) is 18.7. The molecule has 0 unspecified atom stereocenters. The van der Waals surface area contributed by atoms with Crippen LogP contribution in [0.2, 0.25) is 0 Å². The van der Waals surface area contributed by atoms with Crippen LogP contribution in [0.15, 0.2) is 72.8 Å². The lowest BCUT2D eigenvalue weighted by atomic mass is 10.1. The number of hydrogen-bond donors (Lipinski definition) is 2. The molecule has 6 heteroatoms. The number of nitrogens with two attached hydrogens (primary N) is 1. The summed E-state index contributed by atoms with van der Waals surface area (Å²) in [7, 11) is 1.62. The molecule has 0 spiro atoms. The van der Waals surface area contributed by atoms with E-state index in [0.717, 1.165) is 28.8 Å². The summed E-state index contributed by atoms with van der Waals surface area (Å²) in [6, 6.07) is 23.3. The normalized spacial score (nSPS) is 10.5. The van der Waals surface area contributed by atoms with Gasteiger partial charge in [0.15, 0.2) is 11.5 Å². The standard InChI is InChI=1S/C26H31N3O3/c1-20-9-6-7-12-23(20)28-26(30)29(16-8-15-27)18-22-13-14-24(25(17-22)31-2)32-19-21-10-4-3-5-11-21/h3-7,9-14,17H,8,15-16,18-19,27H2,1-2H3,(H,28,30). The fourth-order valence-electron chi connectivity index (χ4n) is 3.33. The first-order valence-electron chi connectivity index (χ1n) is 10.8. The minimum absolute atomic E-state index is 0.156. The first-order valence-corrected chi connectivity index (χ1v) is 10.8. The number of rotatable bonds is 10. The number of methoxy groups -OCH3 is 1. The third kappa shape index (κ3) is 6.49. The van der Waals surface area contributed by atoms with Gasteiger partial charge in [-0.2, -0.15) is 0 Å². The molecule has 0 heterocycles. The molecule has 0 bridgehead atoms. The van der Waals surface area contributed by atoms with E-state index in [0.29, 0.717) is 37.7 Å². The van der Waals surface area contributed by atoms with Crippen molar-refractivity contribution in [2.75, 3.05) is 25.5 Å². The van der Waals surface area contributed by atoms with E-state index in [-0.39, 0.29) is 6.03 Å². The van der Waals surface area contributed by atoms with E-state index < -0.39 is 0 Å². The summed E-state index contributed by atoms with van der Waals surface area (Å²) in [5.41, 5.74) is 9.55. The maximum Gasteiger partial charge on any atom is 0.322 e. The summed E-state index contributed by atoms with van der Waals surface area (Å²) in [6.07, 6.45) is 0.719. The summed E-state index contributed by atoms with van der Waals surface area (Å²) < 4.78 is 11.5. The largest absolute Gasteiger partial charge is 0.493 e. The molecule has 3 rings (SSSR count). The number of nitrogens with zero attached hydrogens (tertiary/aromatic N) is 1. The maximum atomic E-state index is 13.0. The Hall–Kier alpha value is -3.51. The summed E-state index contributed by atoms with van der Waals surface area (Å²) in [5.74, 6) is 1.30. The van der Waals surface area contributed by atoms with Crippen LogP contribution in [0.4, 0.5) is 10.5 Å². The molecule has 0 aliphatic heterocycles. The number of ether oxygens (including phenoxy) is 2. The number of amides is 2. The summed E-state index contributed by atoms with van der Waals surface area (Å²) in [5, 5.41) is 3.01. The monoisotopic (exact) mass is 433 g/mol. The van der Waals surface area contributed by atoms with E-state index >= 15 is 0 Å². The van der Waals surface area contributed by atoms with E-state index in [1.54, 1.807) is 12.0 Å². The Labute approximate surface area is 190 Å². The summed E-state index contributed by atoms with van der Waals surface area (Å²) in [6.45, 7) is 3.94. The van der Waals surface area contributed by atoms with E-state index in [1.807, 2.05) is 79.7 Å². The minimum atomic E-state index is -0.156. The lowest BCUT2D eigenvalue weighted by molar-refractivity contribution is 0.208. The molecule has 0 aromatic heterocycles. The number of para-hydroxylation sites is 1. The summed E-state index contributed by atoms with van der Waals surface area (Å²) in [4.78, 5) is 14.7. The quantitative estimate of drug-likeness (QED) is 0.473. The number of hydrogen-bond acceptors (Lipinski definition) is 4. The van der Waals surface area contributed by atoms with Crippen LogP contribution in [0.5, 0.6) is 11.5 Å². The highest BCUT2D eigenvalue weighted by Gasteiger charge is 2.16. The van der Waals surface area contributed by atoms with Crippen LogP contribution >= 0.6 is 0 Å². The molecule has 0 aliphatic rings. The fraction of sp³-hybridized carbons (Fsp3) is 0.269. The second-order valence-corrected chi connectivity index (χ2v) is 7.57. The third-order valence-electron chi connectivity index (χ3n) is 5.14. The predicted octanol–water partition coefficient (Wildman–Crippen LogP) is 4.97. The highest BCUT2D eigenvalue weighted by molar-refractivity contribution is 5.90.